The van der Waals surface area contributed by atoms with Crippen molar-refractivity contribution in [2.24, 2.45) is 0 Å². The maximum absolute atomic E-state index is 13.2. The van der Waals surface area contributed by atoms with Gasteiger partial charge in [0.2, 0.25) is 11.9 Å². The van der Waals surface area contributed by atoms with Crippen LogP contribution in [-0.2, 0) is 17.1 Å². The van der Waals surface area contributed by atoms with Crippen LogP contribution in [0.25, 0.3) is 11.0 Å². The summed E-state index contributed by atoms with van der Waals surface area (Å²) in [6.07, 6.45) is -7.95. The van der Waals surface area contributed by atoms with E-state index in [1.54, 1.807) is 0 Å². The molecular weight excluding hydrogens is 416 g/mol. The Labute approximate surface area is 165 Å². The first-order chi connectivity index (χ1) is 14.0. The van der Waals surface area contributed by atoms with Crippen LogP contribution in [-0.4, -0.2) is 40.5 Å². The van der Waals surface area contributed by atoms with Crippen LogP contribution in [0.5, 0.6) is 0 Å². The van der Waals surface area contributed by atoms with Gasteiger partial charge in [0, 0.05) is 19.3 Å². The van der Waals surface area contributed by atoms with Crippen molar-refractivity contribution >= 4 is 28.7 Å². The molecule has 1 amide bonds. The zero-order chi connectivity index (χ0) is 21.7. The number of nitrogens with zero attached hydrogens (tertiary/aromatic N) is 4. The largest absolute Gasteiger partial charge is 0.419 e. The Balaban J connectivity index is 1.58. The number of pyridine rings is 1. The van der Waals surface area contributed by atoms with Crippen molar-refractivity contribution in [3.8, 4) is 0 Å². The second kappa shape index (κ2) is 6.89. The van der Waals surface area contributed by atoms with Crippen molar-refractivity contribution in [1.29, 1.82) is 0 Å². The van der Waals surface area contributed by atoms with Gasteiger partial charge in [0.1, 0.15) is 5.82 Å². The molecule has 1 N–H and O–H groups in total. The zero-order valence-electron chi connectivity index (χ0n) is 15.1. The fourth-order valence-electron chi connectivity index (χ4n) is 3.25. The number of hydrogen-bond acceptors (Lipinski definition) is 4. The number of imidazole rings is 1. The number of hydrogen-bond donors (Lipinski definition) is 1. The van der Waals surface area contributed by atoms with Crippen LogP contribution in [0.15, 0.2) is 36.5 Å². The average molecular weight is 429 g/mol. The molecule has 0 saturated carbocycles. The number of aromatic nitrogens is 3. The summed E-state index contributed by atoms with van der Waals surface area (Å²) in [6.45, 7) is -0.361. The van der Waals surface area contributed by atoms with E-state index in [-0.39, 0.29) is 42.4 Å². The molecule has 4 rings (SSSR count). The number of amides is 1. The van der Waals surface area contributed by atoms with Crippen molar-refractivity contribution < 1.29 is 31.1 Å². The van der Waals surface area contributed by atoms with E-state index >= 15 is 0 Å². The lowest BCUT2D eigenvalue weighted by Crippen LogP contribution is -2.51. The van der Waals surface area contributed by atoms with Gasteiger partial charge in [0.15, 0.2) is 0 Å². The number of fused-ring (bicyclic) bond motifs is 1. The van der Waals surface area contributed by atoms with Gasteiger partial charge in [-0.05, 0) is 30.3 Å². The van der Waals surface area contributed by atoms with Crippen molar-refractivity contribution in [3.63, 3.8) is 0 Å². The molecule has 1 aliphatic rings. The molecule has 12 heteroatoms. The van der Waals surface area contributed by atoms with E-state index in [2.05, 4.69) is 15.0 Å². The highest BCUT2D eigenvalue weighted by atomic mass is 19.4. The average Bonchev–Trinajstić information content (AvgIpc) is 3.09. The third-order valence-corrected chi connectivity index (χ3v) is 4.66. The Morgan fingerprint density at radius 2 is 1.77 bits per heavy atom. The summed E-state index contributed by atoms with van der Waals surface area (Å²) in [5.41, 5.74) is -1.48. The Bertz CT molecular complexity index is 1110. The Morgan fingerprint density at radius 3 is 2.43 bits per heavy atom. The minimum Gasteiger partial charge on any atom is -0.345 e. The van der Waals surface area contributed by atoms with Gasteiger partial charge in [-0.25, -0.2) is 9.97 Å². The molecule has 158 valence electrons. The quantitative estimate of drug-likeness (QED) is 0.629. The molecule has 3 heterocycles. The number of alkyl halides is 6. The van der Waals surface area contributed by atoms with E-state index in [0.29, 0.717) is 0 Å². The minimum absolute atomic E-state index is 0.0152. The molecule has 1 saturated heterocycles. The van der Waals surface area contributed by atoms with Crippen LogP contribution in [0.1, 0.15) is 11.1 Å². The molecule has 1 fully saturated rings. The first-order valence-corrected chi connectivity index (χ1v) is 8.68. The number of piperazine rings is 1. The van der Waals surface area contributed by atoms with Gasteiger partial charge in [0.05, 0.1) is 28.7 Å². The van der Waals surface area contributed by atoms with E-state index in [9.17, 15) is 31.1 Å². The normalized spacial score (nSPS) is 15.9. The lowest BCUT2D eigenvalue weighted by molar-refractivity contribution is -0.138. The number of H-pyrrole nitrogens is 1. The van der Waals surface area contributed by atoms with E-state index in [4.69, 9.17) is 0 Å². The summed E-state index contributed by atoms with van der Waals surface area (Å²) < 4.78 is 78.3. The molecule has 0 unspecified atom stereocenters. The first-order valence-electron chi connectivity index (χ1n) is 8.68. The maximum Gasteiger partial charge on any atom is 0.419 e. The van der Waals surface area contributed by atoms with E-state index in [1.807, 2.05) is 0 Å². The molecule has 0 spiro atoms. The number of carbonyl (C=O) groups is 1. The first kappa shape index (κ1) is 20.0. The molecule has 3 aromatic rings. The monoisotopic (exact) mass is 429 g/mol. The number of halogens is 6. The summed E-state index contributed by atoms with van der Waals surface area (Å²) in [7, 11) is 0. The highest BCUT2D eigenvalue weighted by Gasteiger charge is 2.38. The Morgan fingerprint density at radius 1 is 1.00 bits per heavy atom. The van der Waals surface area contributed by atoms with Gasteiger partial charge in [-0.3, -0.25) is 9.69 Å². The van der Waals surface area contributed by atoms with Crippen LogP contribution < -0.4 is 9.80 Å². The maximum atomic E-state index is 13.2. The number of rotatable bonds is 2. The van der Waals surface area contributed by atoms with Crippen molar-refractivity contribution in [1.82, 2.24) is 15.0 Å². The number of aromatic amines is 1. The summed E-state index contributed by atoms with van der Waals surface area (Å²) >= 11 is 0. The predicted molar refractivity (Wildman–Crippen MR) is 94.9 cm³/mol. The van der Waals surface area contributed by atoms with Gasteiger partial charge >= 0.3 is 12.4 Å². The summed E-state index contributed by atoms with van der Waals surface area (Å²) in [5.74, 6) is -0.876. The van der Waals surface area contributed by atoms with Gasteiger partial charge in [-0.15, -0.1) is 0 Å². The second-order valence-electron chi connectivity index (χ2n) is 6.63. The predicted octanol–water partition coefficient (Wildman–Crippen LogP) is 3.85. The zero-order valence-corrected chi connectivity index (χ0v) is 15.1. The van der Waals surface area contributed by atoms with Crippen molar-refractivity contribution in [2.75, 3.05) is 29.4 Å². The van der Waals surface area contributed by atoms with Gasteiger partial charge in [-0.1, -0.05) is 0 Å². The topological polar surface area (TPSA) is 65.1 Å². The SMILES string of the molecule is O=C1CN(c2ncccc2C(F)(F)F)CCN1c1nc2ccc(C(F)(F)F)cc2[nH]1. The second-order valence-corrected chi connectivity index (χ2v) is 6.63. The molecule has 0 atom stereocenters. The van der Waals surface area contributed by atoms with Gasteiger partial charge in [0.25, 0.3) is 0 Å². The summed E-state index contributed by atoms with van der Waals surface area (Å²) in [4.78, 5) is 25.6. The molecule has 0 radical (unpaired) electrons. The summed E-state index contributed by atoms with van der Waals surface area (Å²) in [5, 5.41) is 0. The molecule has 1 aromatic carbocycles. The Kier molecular flexibility index (Phi) is 4.59. The van der Waals surface area contributed by atoms with Gasteiger partial charge in [-0.2, -0.15) is 26.3 Å². The minimum atomic E-state index is -4.63. The standard InChI is InChI=1S/C18H13F6N5O/c19-17(20,21)10-3-4-12-13(8-10)27-16(26-12)29-7-6-28(9-14(29)30)15-11(18(22,23)24)2-1-5-25-15/h1-5,8H,6-7,9H2,(H,26,27). The third kappa shape index (κ3) is 3.64. The van der Waals surface area contributed by atoms with Crippen molar-refractivity contribution in [3.05, 3.63) is 47.7 Å². The van der Waals surface area contributed by atoms with E-state index in [0.717, 1.165) is 24.3 Å². The molecule has 30 heavy (non-hydrogen) atoms. The lowest BCUT2D eigenvalue weighted by Gasteiger charge is -2.34. The van der Waals surface area contributed by atoms with Crippen LogP contribution in [0.2, 0.25) is 0 Å². The van der Waals surface area contributed by atoms with Crippen LogP contribution in [0.4, 0.5) is 38.1 Å². The Hall–Kier alpha value is -3.31. The molecule has 6 nitrogen and oxygen atoms in total. The van der Waals surface area contributed by atoms with Crippen LogP contribution >= 0.6 is 0 Å². The fourth-order valence-corrected chi connectivity index (χ4v) is 3.25. The van der Waals surface area contributed by atoms with Crippen molar-refractivity contribution in [2.45, 2.75) is 12.4 Å². The number of carbonyl (C=O) groups excluding carboxylic acids is 1. The molecular formula is C18H13F6N5O. The summed E-state index contributed by atoms with van der Waals surface area (Å²) in [6, 6.07) is 5.00. The highest BCUT2D eigenvalue weighted by molar-refractivity contribution is 5.97. The molecule has 1 aliphatic heterocycles. The fraction of sp³-hybridized carbons (Fsp3) is 0.278. The van der Waals surface area contributed by atoms with E-state index < -0.39 is 29.4 Å². The molecule has 0 bridgehead atoms. The molecule has 0 aliphatic carbocycles. The number of benzene rings is 1. The van der Waals surface area contributed by atoms with Crippen LogP contribution in [0, 0.1) is 0 Å². The highest BCUT2D eigenvalue weighted by Crippen LogP contribution is 2.36. The van der Waals surface area contributed by atoms with Crippen LogP contribution in [0.3, 0.4) is 0 Å². The van der Waals surface area contributed by atoms with E-state index in [1.165, 1.54) is 22.1 Å². The molecule has 2 aromatic heterocycles. The number of nitrogens with one attached hydrogen (secondary N) is 1. The lowest BCUT2D eigenvalue weighted by atomic mass is 10.2. The third-order valence-electron chi connectivity index (χ3n) is 4.66. The number of anilines is 2. The van der Waals surface area contributed by atoms with Gasteiger partial charge < -0.3 is 9.88 Å². The smallest absolute Gasteiger partial charge is 0.345 e.